The predicted molar refractivity (Wildman–Crippen MR) is 77.6 cm³/mol. The quantitative estimate of drug-likeness (QED) is 0.844. The molecule has 0 spiro atoms. The molecule has 1 aliphatic heterocycles. The molecule has 0 amide bonds. The van der Waals surface area contributed by atoms with Crippen LogP contribution in [0.15, 0.2) is 28.6 Å². The average molecular weight is 311 g/mol. The van der Waals surface area contributed by atoms with Gasteiger partial charge in [-0.1, -0.05) is 0 Å². The third-order valence-electron chi connectivity index (χ3n) is 2.93. The van der Waals surface area contributed by atoms with Crippen molar-refractivity contribution in [1.82, 2.24) is 4.98 Å². The first-order valence-electron chi connectivity index (χ1n) is 6.04. The van der Waals surface area contributed by atoms with Crippen molar-refractivity contribution < 1.29 is 13.2 Å². The lowest BCUT2D eigenvalue weighted by Crippen LogP contribution is -2.18. The van der Waals surface area contributed by atoms with E-state index < -0.39 is 10.0 Å². The Morgan fingerprint density at radius 3 is 3.00 bits per heavy atom. The third kappa shape index (κ3) is 2.44. The van der Waals surface area contributed by atoms with E-state index in [2.05, 4.69) is 9.71 Å². The van der Waals surface area contributed by atoms with E-state index in [1.165, 1.54) is 23.6 Å². The molecule has 1 aliphatic rings. The second-order valence-corrected chi connectivity index (χ2v) is 6.95. The van der Waals surface area contributed by atoms with Crippen LogP contribution in [0, 0.1) is 0 Å². The van der Waals surface area contributed by atoms with Crippen LogP contribution >= 0.6 is 11.3 Å². The number of ether oxygens (including phenoxy) is 1. The molecule has 2 heterocycles. The summed E-state index contributed by atoms with van der Waals surface area (Å²) >= 11 is 1.21. The van der Waals surface area contributed by atoms with Gasteiger partial charge >= 0.3 is 0 Å². The molecular weight excluding hydrogens is 298 g/mol. The standard InChI is InChI=1S/C12H13N3O3S2/c13-9-6-8-2-1-4-18-11(8)10(7-9)20(16,17)15-12-14-3-5-19-12/h3,5-7H,1-2,4,13H2,(H,14,15). The zero-order valence-electron chi connectivity index (χ0n) is 10.5. The van der Waals surface area contributed by atoms with Crippen molar-refractivity contribution >= 4 is 32.2 Å². The van der Waals surface area contributed by atoms with Gasteiger partial charge in [0, 0.05) is 17.3 Å². The van der Waals surface area contributed by atoms with Gasteiger partial charge in [0.25, 0.3) is 10.0 Å². The minimum atomic E-state index is -3.75. The van der Waals surface area contributed by atoms with E-state index in [4.69, 9.17) is 10.5 Å². The highest BCUT2D eigenvalue weighted by Crippen LogP contribution is 2.35. The van der Waals surface area contributed by atoms with E-state index in [0.29, 0.717) is 23.2 Å². The summed E-state index contributed by atoms with van der Waals surface area (Å²) in [4.78, 5) is 3.99. The SMILES string of the molecule is Nc1cc2c(c(S(=O)(=O)Nc3nccs3)c1)OCCC2. The van der Waals surface area contributed by atoms with Crippen molar-refractivity contribution in [2.75, 3.05) is 17.1 Å². The van der Waals surface area contributed by atoms with Crippen molar-refractivity contribution in [2.45, 2.75) is 17.7 Å². The molecule has 6 nitrogen and oxygen atoms in total. The molecule has 0 atom stereocenters. The summed E-state index contributed by atoms with van der Waals surface area (Å²) < 4.78 is 32.8. The third-order valence-corrected chi connectivity index (χ3v) is 5.10. The first-order valence-corrected chi connectivity index (χ1v) is 8.40. The van der Waals surface area contributed by atoms with Crippen LogP contribution in [-0.4, -0.2) is 20.0 Å². The number of sulfonamides is 1. The molecule has 0 bridgehead atoms. The largest absolute Gasteiger partial charge is 0.492 e. The number of aromatic nitrogens is 1. The highest BCUT2D eigenvalue weighted by atomic mass is 32.2. The van der Waals surface area contributed by atoms with Crippen molar-refractivity contribution in [3.63, 3.8) is 0 Å². The Hall–Kier alpha value is -1.80. The molecule has 20 heavy (non-hydrogen) atoms. The average Bonchev–Trinajstić information content (AvgIpc) is 2.89. The van der Waals surface area contributed by atoms with Gasteiger partial charge in [-0.05, 0) is 30.5 Å². The smallest absolute Gasteiger partial charge is 0.267 e. The first kappa shape index (κ1) is 13.2. The molecule has 0 saturated carbocycles. The second-order valence-electron chi connectivity index (χ2n) is 4.40. The Morgan fingerprint density at radius 2 is 2.25 bits per heavy atom. The van der Waals surface area contributed by atoms with Crippen molar-refractivity contribution in [3.8, 4) is 5.75 Å². The van der Waals surface area contributed by atoms with Gasteiger partial charge in [-0.3, -0.25) is 4.72 Å². The van der Waals surface area contributed by atoms with Crippen molar-refractivity contribution in [2.24, 2.45) is 0 Å². The van der Waals surface area contributed by atoms with Gasteiger partial charge in [-0.25, -0.2) is 13.4 Å². The summed E-state index contributed by atoms with van der Waals surface area (Å²) in [6, 6.07) is 3.18. The fraction of sp³-hybridized carbons (Fsp3) is 0.250. The minimum Gasteiger partial charge on any atom is -0.492 e. The number of nitrogens with one attached hydrogen (secondary N) is 1. The lowest BCUT2D eigenvalue weighted by molar-refractivity contribution is 0.280. The second kappa shape index (κ2) is 4.95. The van der Waals surface area contributed by atoms with Gasteiger partial charge in [0.1, 0.15) is 10.6 Å². The molecule has 0 fully saturated rings. The Morgan fingerprint density at radius 1 is 1.40 bits per heavy atom. The summed E-state index contributed by atoms with van der Waals surface area (Å²) in [5, 5.41) is 2.01. The maximum absolute atomic E-state index is 12.4. The highest BCUT2D eigenvalue weighted by Gasteiger charge is 2.25. The molecule has 1 aromatic heterocycles. The summed E-state index contributed by atoms with van der Waals surface area (Å²) in [5.74, 6) is 0.398. The Labute approximate surface area is 120 Å². The molecule has 0 aliphatic carbocycles. The van der Waals surface area contributed by atoms with Gasteiger partial charge in [-0.2, -0.15) is 0 Å². The molecular formula is C12H13N3O3S2. The van der Waals surface area contributed by atoms with Crippen LogP contribution in [0.3, 0.4) is 0 Å². The number of nitrogen functional groups attached to an aromatic ring is 1. The Kier molecular flexibility index (Phi) is 3.27. The molecule has 106 valence electrons. The first-order chi connectivity index (χ1) is 9.56. The van der Waals surface area contributed by atoms with Gasteiger partial charge in [0.05, 0.1) is 6.61 Å². The fourth-order valence-corrected chi connectivity index (χ4v) is 4.13. The number of aryl methyl sites for hydroxylation is 1. The van der Waals surface area contributed by atoms with Crippen molar-refractivity contribution in [1.29, 1.82) is 0 Å². The summed E-state index contributed by atoms with van der Waals surface area (Å²) in [5.41, 5.74) is 7.03. The topological polar surface area (TPSA) is 94.3 Å². The normalized spacial score (nSPS) is 14.4. The van der Waals surface area contributed by atoms with E-state index in [9.17, 15) is 8.42 Å². The van der Waals surface area contributed by atoms with E-state index >= 15 is 0 Å². The number of hydrogen-bond acceptors (Lipinski definition) is 6. The summed E-state index contributed by atoms with van der Waals surface area (Å²) in [6.45, 7) is 0.511. The number of nitrogens with zero attached hydrogens (tertiary/aromatic N) is 1. The maximum Gasteiger partial charge on any atom is 0.267 e. The van der Waals surface area contributed by atoms with Crippen LogP contribution in [0.25, 0.3) is 0 Å². The molecule has 0 unspecified atom stereocenters. The van der Waals surface area contributed by atoms with Crippen LogP contribution in [0.4, 0.5) is 10.8 Å². The van der Waals surface area contributed by atoms with E-state index in [-0.39, 0.29) is 4.90 Å². The van der Waals surface area contributed by atoms with Crippen LogP contribution < -0.4 is 15.2 Å². The highest BCUT2D eigenvalue weighted by molar-refractivity contribution is 7.93. The van der Waals surface area contributed by atoms with Crippen molar-refractivity contribution in [3.05, 3.63) is 29.3 Å². The van der Waals surface area contributed by atoms with E-state index in [0.717, 1.165) is 18.4 Å². The molecule has 0 radical (unpaired) electrons. The molecule has 0 saturated heterocycles. The van der Waals surface area contributed by atoms with Crippen LogP contribution in [0.5, 0.6) is 5.75 Å². The fourth-order valence-electron chi connectivity index (χ4n) is 2.11. The number of rotatable bonds is 3. The van der Waals surface area contributed by atoms with E-state index in [1.807, 2.05) is 0 Å². The van der Waals surface area contributed by atoms with Gasteiger partial charge < -0.3 is 10.5 Å². The van der Waals surface area contributed by atoms with Gasteiger partial charge in [0.15, 0.2) is 5.13 Å². The number of thiazole rings is 1. The van der Waals surface area contributed by atoms with E-state index in [1.54, 1.807) is 11.4 Å². The number of benzene rings is 1. The predicted octanol–water partition coefficient (Wildman–Crippen LogP) is 1.85. The van der Waals surface area contributed by atoms with Crippen LogP contribution in [-0.2, 0) is 16.4 Å². The zero-order valence-corrected chi connectivity index (χ0v) is 12.1. The van der Waals surface area contributed by atoms with Gasteiger partial charge in [-0.15, -0.1) is 11.3 Å². The van der Waals surface area contributed by atoms with Crippen LogP contribution in [0.1, 0.15) is 12.0 Å². The molecule has 1 aromatic carbocycles. The monoisotopic (exact) mass is 311 g/mol. The maximum atomic E-state index is 12.4. The lowest BCUT2D eigenvalue weighted by Gasteiger charge is -2.21. The zero-order chi connectivity index (χ0) is 14.2. The summed E-state index contributed by atoms with van der Waals surface area (Å²) in [7, 11) is -3.75. The number of anilines is 2. The van der Waals surface area contributed by atoms with Crippen LogP contribution in [0.2, 0.25) is 0 Å². The number of hydrogen-bond donors (Lipinski definition) is 2. The molecule has 2 aromatic rings. The molecule has 8 heteroatoms. The lowest BCUT2D eigenvalue weighted by atomic mass is 10.1. The number of nitrogens with two attached hydrogens (primary N) is 1. The minimum absolute atomic E-state index is 0.0717. The van der Waals surface area contributed by atoms with Gasteiger partial charge in [0.2, 0.25) is 0 Å². The number of fused-ring (bicyclic) bond motifs is 1. The summed E-state index contributed by atoms with van der Waals surface area (Å²) in [6.07, 6.45) is 3.16. The molecule has 3 rings (SSSR count). The molecule has 3 N–H and O–H groups in total. The Balaban J connectivity index is 2.07. The Bertz CT molecular complexity index is 727.